The van der Waals surface area contributed by atoms with Gasteiger partial charge in [-0.2, -0.15) is 0 Å². The molecule has 0 amide bonds. The molecule has 0 aliphatic carbocycles. The van der Waals surface area contributed by atoms with Crippen molar-refractivity contribution in [2.75, 3.05) is 20.1 Å². The Morgan fingerprint density at radius 3 is 2.26 bits per heavy atom. The number of benzene rings is 1. The minimum atomic E-state index is 0.600. The van der Waals surface area contributed by atoms with E-state index >= 15 is 0 Å². The van der Waals surface area contributed by atoms with Crippen LogP contribution in [0.1, 0.15) is 89.0 Å². The van der Waals surface area contributed by atoms with Crippen molar-refractivity contribution < 1.29 is 0 Å². The van der Waals surface area contributed by atoms with Gasteiger partial charge in [-0.3, -0.25) is 4.90 Å². The third-order valence-corrected chi connectivity index (χ3v) is 8.23. The zero-order valence-electron chi connectivity index (χ0n) is 21.2. The summed E-state index contributed by atoms with van der Waals surface area (Å²) in [5.74, 6) is 0. The first kappa shape index (κ1) is 23.9. The van der Waals surface area contributed by atoms with Gasteiger partial charge < -0.3 is 4.90 Å². The van der Waals surface area contributed by atoms with Crippen LogP contribution in [0.15, 0.2) is 41.8 Å². The van der Waals surface area contributed by atoms with Gasteiger partial charge >= 0.3 is 0 Å². The van der Waals surface area contributed by atoms with Crippen molar-refractivity contribution in [2.45, 2.75) is 86.6 Å². The Hall–Kier alpha value is -1.80. The van der Waals surface area contributed by atoms with Gasteiger partial charge in [0.1, 0.15) is 0 Å². The van der Waals surface area contributed by atoms with E-state index < -0.39 is 0 Å². The Bertz CT molecular complexity index is 878. The predicted octanol–water partition coefficient (Wildman–Crippen LogP) is 7.49. The molecule has 0 radical (unpaired) electrons. The number of allylic oxidation sites excluding steroid dienone is 3. The first-order valence-corrected chi connectivity index (χ1v) is 12.4. The Morgan fingerprint density at radius 2 is 1.68 bits per heavy atom. The van der Waals surface area contributed by atoms with Gasteiger partial charge in [-0.25, -0.2) is 0 Å². The molecule has 0 bridgehead atoms. The molecule has 0 unspecified atom stereocenters. The van der Waals surface area contributed by atoms with E-state index in [-0.39, 0.29) is 0 Å². The molecule has 3 rings (SSSR count). The number of rotatable bonds is 7. The van der Waals surface area contributed by atoms with Crippen LogP contribution < -0.4 is 0 Å². The Kier molecular flexibility index (Phi) is 7.52. The average molecular weight is 421 g/mol. The van der Waals surface area contributed by atoms with Crippen molar-refractivity contribution in [3.63, 3.8) is 0 Å². The molecule has 2 heterocycles. The fraction of sp³-hybridized carbons (Fsp3) is 0.586. The van der Waals surface area contributed by atoms with Gasteiger partial charge in [0, 0.05) is 31.1 Å². The number of hydrogen-bond acceptors (Lipinski definition) is 2. The molecular weight excluding hydrogens is 376 g/mol. The maximum absolute atomic E-state index is 4.23. The smallest absolute Gasteiger partial charge is 0.0363 e. The highest BCUT2D eigenvalue weighted by Crippen LogP contribution is 2.40. The van der Waals surface area contributed by atoms with E-state index in [0.717, 1.165) is 18.7 Å². The third-order valence-electron chi connectivity index (χ3n) is 8.23. The van der Waals surface area contributed by atoms with Crippen LogP contribution in [-0.4, -0.2) is 29.9 Å². The molecule has 1 aromatic carbocycles. The lowest BCUT2D eigenvalue weighted by atomic mass is 9.73. The Labute approximate surface area is 191 Å². The van der Waals surface area contributed by atoms with E-state index in [1.54, 1.807) is 5.56 Å². The summed E-state index contributed by atoms with van der Waals surface area (Å²) in [4.78, 5) is 4.87. The van der Waals surface area contributed by atoms with E-state index in [0.29, 0.717) is 5.41 Å². The zero-order valence-corrected chi connectivity index (χ0v) is 21.2. The van der Waals surface area contributed by atoms with E-state index in [4.69, 9.17) is 0 Å². The minimum absolute atomic E-state index is 0.600. The van der Waals surface area contributed by atoms with Crippen molar-refractivity contribution in [3.05, 3.63) is 64.0 Å². The summed E-state index contributed by atoms with van der Waals surface area (Å²) in [5.41, 5.74) is 11.5. The molecule has 2 aliphatic rings. The largest absolute Gasteiger partial charge is 0.351 e. The van der Waals surface area contributed by atoms with Crippen LogP contribution >= 0.6 is 0 Å². The maximum atomic E-state index is 4.23. The predicted molar refractivity (Wildman–Crippen MR) is 136 cm³/mol. The molecule has 0 atom stereocenters. The van der Waals surface area contributed by atoms with E-state index in [2.05, 4.69) is 83.3 Å². The van der Waals surface area contributed by atoms with E-state index in [1.165, 1.54) is 78.6 Å². The van der Waals surface area contributed by atoms with Crippen molar-refractivity contribution in [1.29, 1.82) is 0 Å². The van der Waals surface area contributed by atoms with E-state index in [1.807, 2.05) is 0 Å². The van der Waals surface area contributed by atoms with Gasteiger partial charge in [0.2, 0.25) is 0 Å². The topological polar surface area (TPSA) is 6.48 Å². The molecule has 1 aromatic rings. The molecule has 1 saturated heterocycles. The SMILES string of the molecule is C=C1C(C)=C(C)C(c2cc(C)c(CN3CCC(CC)(CCC)CC3)c(CC)c2)=CN1C. The molecule has 0 aromatic heterocycles. The highest BCUT2D eigenvalue weighted by atomic mass is 15.1. The standard InChI is InChI=1S/C29H44N2/c1-9-12-29(11-3)13-15-31(16-14-29)20-27-21(4)17-26(18-25(27)10-2)28-19-30(8)24(7)22(5)23(28)6/h17-19H,7,9-16,20H2,1-6,8H3. The van der Waals surface area contributed by atoms with Crippen LogP contribution in [0, 0.1) is 12.3 Å². The van der Waals surface area contributed by atoms with Gasteiger partial charge in [-0.15, -0.1) is 0 Å². The van der Waals surface area contributed by atoms with Crippen molar-refractivity contribution in [2.24, 2.45) is 5.41 Å². The molecule has 0 saturated carbocycles. The molecule has 0 N–H and O–H groups in total. The van der Waals surface area contributed by atoms with Crippen LogP contribution in [0.5, 0.6) is 0 Å². The zero-order chi connectivity index (χ0) is 22.8. The number of hydrogen-bond donors (Lipinski definition) is 0. The molecule has 170 valence electrons. The lowest BCUT2D eigenvalue weighted by Crippen LogP contribution is -2.39. The first-order valence-electron chi connectivity index (χ1n) is 12.4. The summed E-state index contributed by atoms with van der Waals surface area (Å²) in [5, 5.41) is 0. The Morgan fingerprint density at radius 1 is 1.00 bits per heavy atom. The fourth-order valence-corrected chi connectivity index (χ4v) is 5.65. The second-order valence-electron chi connectivity index (χ2n) is 10.0. The summed E-state index contributed by atoms with van der Waals surface area (Å²) < 4.78 is 0. The molecule has 2 heteroatoms. The van der Waals surface area contributed by atoms with Crippen LogP contribution in [0.3, 0.4) is 0 Å². The fourth-order valence-electron chi connectivity index (χ4n) is 5.65. The monoisotopic (exact) mass is 420 g/mol. The highest BCUT2D eigenvalue weighted by Gasteiger charge is 2.32. The number of piperidine rings is 1. The lowest BCUT2D eigenvalue weighted by molar-refractivity contribution is 0.0856. The van der Waals surface area contributed by atoms with Crippen LogP contribution in [0.25, 0.3) is 5.57 Å². The molecule has 1 fully saturated rings. The Balaban J connectivity index is 1.83. The van der Waals surface area contributed by atoms with Gasteiger partial charge in [-0.05, 0) is 98.4 Å². The quantitative estimate of drug-likeness (QED) is 0.451. The van der Waals surface area contributed by atoms with Gasteiger partial charge in [0.15, 0.2) is 0 Å². The second kappa shape index (κ2) is 9.77. The number of likely N-dealkylation sites (N-methyl/N-ethyl adjacent to an activating group) is 1. The van der Waals surface area contributed by atoms with Gasteiger partial charge in [-0.1, -0.05) is 52.3 Å². The van der Waals surface area contributed by atoms with Crippen molar-refractivity contribution >= 4 is 5.57 Å². The minimum Gasteiger partial charge on any atom is -0.351 e. The summed E-state index contributed by atoms with van der Waals surface area (Å²) in [7, 11) is 2.10. The lowest BCUT2D eigenvalue weighted by Gasteiger charge is -2.42. The molecule has 0 spiro atoms. The van der Waals surface area contributed by atoms with Crippen molar-refractivity contribution in [3.8, 4) is 0 Å². The molecule has 2 aliphatic heterocycles. The number of likely N-dealkylation sites (tertiary alicyclic amines) is 1. The summed E-state index contributed by atoms with van der Waals surface area (Å²) in [6.07, 6.45) is 10.1. The average Bonchev–Trinajstić information content (AvgIpc) is 2.77. The highest BCUT2D eigenvalue weighted by molar-refractivity contribution is 5.82. The van der Waals surface area contributed by atoms with Crippen molar-refractivity contribution in [1.82, 2.24) is 9.80 Å². The van der Waals surface area contributed by atoms with Crippen LogP contribution in [0.2, 0.25) is 0 Å². The summed E-state index contributed by atoms with van der Waals surface area (Å²) in [6.45, 7) is 21.6. The molecule has 2 nitrogen and oxygen atoms in total. The molecular formula is C29H44N2. The normalized spacial score (nSPS) is 19.8. The number of nitrogens with zero attached hydrogens (tertiary/aromatic N) is 2. The third kappa shape index (κ3) is 4.85. The molecule has 31 heavy (non-hydrogen) atoms. The van der Waals surface area contributed by atoms with E-state index in [9.17, 15) is 0 Å². The van der Waals surface area contributed by atoms with Gasteiger partial charge in [0.05, 0.1) is 0 Å². The first-order chi connectivity index (χ1) is 14.7. The number of aryl methyl sites for hydroxylation is 2. The summed E-state index contributed by atoms with van der Waals surface area (Å²) in [6, 6.07) is 4.86. The van der Waals surface area contributed by atoms with Crippen LogP contribution in [0.4, 0.5) is 0 Å². The second-order valence-corrected chi connectivity index (χ2v) is 10.0. The summed E-state index contributed by atoms with van der Waals surface area (Å²) >= 11 is 0. The maximum Gasteiger partial charge on any atom is 0.0363 e. The van der Waals surface area contributed by atoms with Gasteiger partial charge in [0.25, 0.3) is 0 Å². The van der Waals surface area contributed by atoms with Crippen LogP contribution in [-0.2, 0) is 13.0 Å².